The average Bonchev–Trinajstić information content (AvgIpc) is 3.34. The molecular weight excluding hydrogens is 986 g/mol. The molecule has 6 aromatic carbocycles. The van der Waals surface area contributed by atoms with Crippen molar-refractivity contribution in [3.8, 4) is 12.1 Å². The molecule has 6 rings (SSSR count). The van der Waals surface area contributed by atoms with Crippen molar-refractivity contribution >= 4 is 115 Å². The lowest BCUT2D eigenvalue weighted by Crippen LogP contribution is -2.24. The first-order valence-corrected chi connectivity index (χ1v) is 25.1. The molecule has 0 aliphatic carbocycles. The van der Waals surface area contributed by atoms with Crippen LogP contribution in [0.25, 0.3) is 21.5 Å². The number of alkyl halides is 1. The van der Waals surface area contributed by atoms with Gasteiger partial charge in [0.1, 0.15) is 12.1 Å². The van der Waals surface area contributed by atoms with Crippen molar-refractivity contribution in [1.29, 1.82) is 10.5 Å². The van der Waals surface area contributed by atoms with Crippen molar-refractivity contribution in [2.75, 3.05) is 51.2 Å². The summed E-state index contributed by atoms with van der Waals surface area (Å²) in [4.78, 5) is 25.7. The lowest BCUT2D eigenvalue weighted by molar-refractivity contribution is 0.0598. The number of hydrogen-bond acceptors (Lipinski definition) is 9. The van der Waals surface area contributed by atoms with Gasteiger partial charge in [0.2, 0.25) is 0 Å². The van der Waals surface area contributed by atoms with Gasteiger partial charge in [-0.15, -0.1) is 48.3 Å². The Morgan fingerprint density at radius 3 is 1.48 bits per heavy atom. The lowest BCUT2D eigenvalue weighted by Gasteiger charge is -2.18. The maximum Gasteiger partial charge on any atom is 0.339 e. The molecule has 3 N–H and O–H groups in total. The highest BCUT2D eigenvalue weighted by Gasteiger charge is 2.22. The fourth-order valence-corrected chi connectivity index (χ4v) is 9.97. The van der Waals surface area contributed by atoms with Gasteiger partial charge in [0.05, 0.1) is 49.5 Å². The predicted molar refractivity (Wildman–Crippen MR) is 283 cm³/mol. The van der Waals surface area contributed by atoms with Crippen LogP contribution in [0.4, 0.5) is 0 Å². The highest BCUT2D eigenvalue weighted by Crippen LogP contribution is 2.36. The molecule has 0 saturated heterocycles. The second-order valence-corrected chi connectivity index (χ2v) is 18.5. The number of carbonyl (C=O) groups excluding carboxylic acids is 1. The second-order valence-electron chi connectivity index (χ2n) is 14.6. The lowest BCUT2D eigenvalue weighted by atomic mass is 9.95. The summed E-state index contributed by atoms with van der Waals surface area (Å²) in [6.45, 7) is 10.5. The molecule has 67 heavy (non-hydrogen) atoms. The van der Waals surface area contributed by atoms with Gasteiger partial charge in [0.15, 0.2) is 0 Å². The van der Waals surface area contributed by atoms with E-state index >= 15 is 0 Å². The van der Waals surface area contributed by atoms with Gasteiger partial charge >= 0.3 is 11.9 Å². The molecule has 0 spiro atoms. The molecule has 0 aliphatic rings. The maximum absolute atomic E-state index is 12.6. The summed E-state index contributed by atoms with van der Waals surface area (Å²) in [5, 5.41) is 41.1. The Kier molecular flexibility index (Phi) is 23.4. The summed E-state index contributed by atoms with van der Waals surface area (Å²) in [5.41, 5.74) is 3.65. The molecular formula is C52H49Cl5N4O4S2. The van der Waals surface area contributed by atoms with Gasteiger partial charge in [-0.2, -0.15) is 10.5 Å². The zero-order chi connectivity index (χ0) is 48.9. The number of carbonyl (C=O) groups is 2. The van der Waals surface area contributed by atoms with Crippen molar-refractivity contribution in [1.82, 2.24) is 10.6 Å². The number of rotatable bonds is 20. The summed E-state index contributed by atoms with van der Waals surface area (Å²) in [7, 11) is 1.36. The molecule has 0 amide bonds. The Labute approximate surface area is 426 Å². The van der Waals surface area contributed by atoms with Crippen LogP contribution >= 0.6 is 81.5 Å². The molecule has 0 aromatic heterocycles. The first-order chi connectivity index (χ1) is 32.4. The van der Waals surface area contributed by atoms with Gasteiger partial charge in [-0.3, -0.25) is 0 Å². The zero-order valence-corrected chi connectivity index (χ0v) is 42.3. The number of carboxylic acids is 1. The zero-order valence-electron chi connectivity index (χ0n) is 36.9. The van der Waals surface area contributed by atoms with Crippen LogP contribution in [0.15, 0.2) is 132 Å². The predicted octanol–water partition coefficient (Wildman–Crippen LogP) is 14.5. The van der Waals surface area contributed by atoms with E-state index in [-0.39, 0.29) is 17.4 Å². The molecule has 0 saturated carbocycles. The van der Waals surface area contributed by atoms with Crippen LogP contribution in [0.3, 0.4) is 0 Å². The molecule has 6 aromatic rings. The largest absolute Gasteiger partial charge is 0.478 e. The van der Waals surface area contributed by atoms with Crippen LogP contribution in [0.2, 0.25) is 20.1 Å². The minimum Gasteiger partial charge on any atom is -0.478 e. The average molecular weight is 1040 g/mol. The third-order valence-corrected chi connectivity index (χ3v) is 14.1. The number of carboxylic acid groups (broad SMARTS) is 1. The minimum atomic E-state index is -1.03. The number of nitrogens with zero attached hydrogens (tertiary/aromatic N) is 2. The van der Waals surface area contributed by atoms with Crippen molar-refractivity contribution < 1.29 is 19.4 Å². The molecule has 0 radical (unpaired) electrons. The normalized spacial score (nSPS) is 11.5. The highest BCUT2D eigenvalue weighted by atomic mass is 35.5. The Bertz CT molecular complexity index is 2780. The van der Waals surface area contributed by atoms with Crippen molar-refractivity contribution in [3.05, 3.63) is 176 Å². The van der Waals surface area contributed by atoms with E-state index < -0.39 is 11.9 Å². The van der Waals surface area contributed by atoms with Crippen LogP contribution in [0.5, 0.6) is 0 Å². The van der Waals surface area contributed by atoms with Crippen molar-refractivity contribution in [2.24, 2.45) is 0 Å². The number of benzene rings is 6. The summed E-state index contributed by atoms with van der Waals surface area (Å²) in [6, 6.07) is 34.0. The van der Waals surface area contributed by atoms with Gasteiger partial charge in [0.25, 0.3) is 0 Å². The summed E-state index contributed by atoms with van der Waals surface area (Å²) >= 11 is 31.9. The minimum absolute atomic E-state index is 0.185. The molecule has 0 aliphatic heterocycles. The van der Waals surface area contributed by atoms with E-state index in [1.165, 1.54) is 37.0 Å². The smallest absolute Gasteiger partial charge is 0.339 e. The van der Waals surface area contributed by atoms with Crippen LogP contribution in [-0.4, -0.2) is 68.2 Å². The quantitative estimate of drug-likeness (QED) is 0.0223. The number of thioether (sulfide) groups is 2. The number of aromatic carboxylic acids is 1. The SMILES string of the molecule is C=CC[C@H](CNCCSc1c(C#N)cc2ccccc2c1C(=O)O)c1ccc(Cl)c(Cl)c1.C=CC[C@H](CNCCSc1c(C#N)cc2ccccc2c1C(=O)OC)c1ccc(Cl)c(Cl)c1.CCl. The van der Waals surface area contributed by atoms with Crippen LogP contribution in [0.1, 0.15) is 67.6 Å². The molecule has 0 heterocycles. The van der Waals surface area contributed by atoms with Crippen LogP contribution < -0.4 is 10.6 Å². The first-order valence-electron chi connectivity index (χ1n) is 20.9. The maximum atomic E-state index is 12.6. The van der Waals surface area contributed by atoms with Gasteiger partial charge in [0, 0.05) is 53.9 Å². The Hall–Kier alpha value is -4.69. The van der Waals surface area contributed by atoms with Gasteiger partial charge in [-0.1, -0.05) is 119 Å². The number of allylic oxidation sites excluding steroid dienone is 2. The number of halogens is 5. The number of nitriles is 2. The number of hydrogen-bond donors (Lipinski definition) is 3. The second kappa shape index (κ2) is 28.6. The van der Waals surface area contributed by atoms with E-state index in [0.717, 1.165) is 46.7 Å². The molecule has 2 atom stereocenters. The fraction of sp³-hybridized carbons (Fsp3) is 0.231. The third-order valence-electron chi connectivity index (χ3n) is 10.4. The number of methoxy groups -OCH3 is 1. The summed E-state index contributed by atoms with van der Waals surface area (Å²) in [5.74, 6) is 0.235. The fourth-order valence-electron chi connectivity index (χ4n) is 7.25. The first kappa shape index (κ1) is 54.9. The Morgan fingerprint density at radius 2 is 1.09 bits per heavy atom. The van der Waals surface area contributed by atoms with Crippen LogP contribution in [0, 0.1) is 22.7 Å². The number of fused-ring (bicyclic) bond motifs is 2. The molecule has 348 valence electrons. The molecule has 15 heteroatoms. The summed E-state index contributed by atoms with van der Waals surface area (Å²) in [6.07, 6.45) is 6.82. The van der Waals surface area contributed by atoms with E-state index in [1.807, 2.05) is 84.9 Å². The number of esters is 1. The van der Waals surface area contributed by atoms with Crippen molar-refractivity contribution in [2.45, 2.75) is 34.5 Å². The molecule has 8 nitrogen and oxygen atoms in total. The molecule has 0 bridgehead atoms. The van der Waals surface area contributed by atoms with E-state index in [9.17, 15) is 25.2 Å². The monoisotopic (exact) mass is 1030 g/mol. The third kappa shape index (κ3) is 15.2. The van der Waals surface area contributed by atoms with E-state index in [2.05, 4.69) is 47.5 Å². The van der Waals surface area contributed by atoms with Crippen LogP contribution in [-0.2, 0) is 4.74 Å². The van der Waals surface area contributed by atoms with E-state index in [1.54, 1.807) is 24.3 Å². The summed E-state index contributed by atoms with van der Waals surface area (Å²) < 4.78 is 5.03. The highest BCUT2D eigenvalue weighted by molar-refractivity contribution is 7.99. The van der Waals surface area contributed by atoms with Crippen molar-refractivity contribution in [3.63, 3.8) is 0 Å². The topological polar surface area (TPSA) is 135 Å². The van der Waals surface area contributed by atoms with E-state index in [0.29, 0.717) is 83.1 Å². The molecule has 0 unspecified atom stereocenters. The van der Waals surface area contributed by atoms with E-state index in [4.69, 9.17) is 51.1 Å². The number of nitrogens with one attached hydrogen (secondary N) is 2. The van der Waals surface area contributed by atoms with Gasteiger partial charge in [-0.05, 0) is 93.7 Å². The van der Waals surface area contributed by atoms with Gasteiger partial charge in [-0.25, -0.2) is 9.59 Å². The van der Waals surface area contributed by atoms with Gasteiger partial charge < -0.3 is 20.5 Å². The Balaban J connectivity index is 0.000000282. The standard InChI is InChI=1S/C26H24Cl2N2O2S.C25H22Cl2N2O2S.CH3Cl/c1-3-6-19(17-9-10-22(27)23(28)14-17)16-30-11-12-33-25-20(15-29)13-18-7-4-5-8-21(18)24(25)26(31)32-2;1-2-5-18(16-8-9-21(26)22(27)13-16)15-29-10-11-32-24-19(14-28)12-17-6-3-4-7-20(17)23(24)25(30)31;1-2/h3-5,7-10,13-14,19,30H,1,6,11-12,16H2,2H3;2-4,6-9,12-13,18,29H,1,5,10-11,15H2,(H,30,31);1H3/t19-;18-;/m11./s1. The molecule has 0 fully saturated rings. The Morgan fingerprint density at radius 1 is 0.672 bits per heavy atom. The number of ether oxygens (including phenoxy) is 1.